The van der Waals surface area contributed by atoms with Crippen LogP contribution in [0.25, 0.3) is 28.6 Å². The predicted octanol–water partition coefficient (Wildman–Crippen LogP) is 5.67. The Balaban J connectivity index is 1.46. The summed E-state index contributed by atoms with van der Waals surface area (Å²) in [6.07, 6.45) is 2.86. The Morgan fingerprint density at radius 2 is 1.87 bits per heavy atom. The number of carbonyl (C=O) groups is 1. The predicted molar refractivity (Wildman–Crippen MR) is 120 cm³/mol. The standard InChI is InChI=1S/C24H19N3O4/c1-15-12-16(2)23-21(13-15)26-24(31-23)18-7-9-19(10-8-18)25-22(28)11-6-17-4-3-5-20(14-17)27(29)30/h3-14H,1-2H3,(H,25,28)/b11-6+. The molecular weight excluding hydrogens is 394 g/mol. The second-order valence-electron chi connectivity index (χ2n) is 7.20. The summed E-state index contributed by atoms with van der Waals surface area (Å²) in [5, 5.41) is 13.6. The molecule has 31 heavy (non-hydrogen) atoms. The lowest BCUT2D eigenvalue weighted by Crippen LogP contribution is -2.07. The van der Waals surface area contributed by atoms with Gasteiger partial charge in [0.1, 0.15) is 5.52 Å². The van der Waals surface area contributed by atoms with Gasteiger partial charge in [0.15, 0.2) is 5.58 Å². The molecule has 0 saturated carbocycles. The number of benzene rings is 3. The molecule has 1 aromatic heterocycles. The topological polar surface area (TPSA) is 98.3 Å². The maximum absolute atomic E-state index is 12.2. The number of fused-ring (bicyclic) bond motifs is 1. The second kappa shape index (κ2) is 8.23. The number of aromatic nitrogens is 1. The molecule has 0 unspecified atom stereocenters. The molecule has 7 nitrogen and oxygen atoms in total. The molecule has 4 aromatic rings. The minimum Gasteiger partial charge on any atom is -0.436 e. The van der Waals surface area contributed by atoms with E-state index in [1.165, 1.54) is 24.3 Å². The largest absolute Gasteiger partial charge is 0.436 e. The zero-order valence-corrected chi connectivity index (χ0v) is 17.0. The van der Waals surface area contributed by atoms with E-state index in [-0.39, 0.29) is 11.6 Å². The minimum absolute atomic E-state index is 0.0253. The molecule has 7 heteroatoms. The van der Waals surface area contributed by atoms with Crippen molar-refractivity contribution in [2.75, 3.05) is 5.32 Å². The molecule has 0 aliphatic rings. The van der Waals surface area contributed by atoms with Gasteiger partial charge in [-0.05, 0) is 66.9 Å². The minimum atomic E-state index is -0.474. The number of oxazole rings is 1. The molecule has 0 bridgehead atoms. The van der Waals surface area contributed by atoms with Gasteiger partial charge in [-0.2, -0.15) is 0 Å². The molecule has 0 radical (unpaired) electrons. The van der Waals surface area contributed by atoms with E-state index in [0.29, 0.717) is 17.1 Å². The van der Waals surface area contributed by atoms with E-state index in [9.17, 15) is 14.9 Å². The number of rotatable bonds is 5. The fourth-order valence-corrected chi connectivity index (χ4v) is 3.29. The van der Waals surface area contributed by atoms with E-state index >= 15 is 0 Å². The van der Waals surface area contributed by atoms with Crippen molar-refractivity contribution in [3.63, 3.8) is 0 Å². The Morgan fingerprint density at radius 1 is 1.10 bits per heavy atom. The Hall–Kier alpha value is -4.26. The van der Waals surface area contributed by atoms with Gasteiger partial charge in [0, 0.05) is 29.5 Å². The third-order valence-corrected chi connectivity index (χ3v) is 4.73. The molecule has 0 atom stereocenters. The summed E-state index contributed by atoms with van der Waals surface area (Å²) >= 11 is 0. The highest BCUT2D eigenvalue weighted by Crippen LogP contribution is 2.28. The molecule has 0 spiro atoms. The van der Waals surface area contributed by atoms with Crippen LogP contribution in [0.3, 0.4) is 0 Å². The number of nitro groups is 1. The summed E-state index contributed by atoms with van der Waals surface area (Å²) < 4.78 is 5.92. The van der Waals surface area contributed by atoms with Crippen LogP contribution >= 0.6 is 0 Å². The maximum Gasteiger partial charge on any atom is 0.270 e. The molecule has 4 rings (SSSR count). The van der Waals surface area contributed by atoms with E-state index in [2.05, 4.69) is 16.4 Å². The molecule has 1 amide bonds. The van der Waals surface area contributed by atoms with Crippen molar-refractivity contribution in [3.05, 3.63) is 93.5 Å². The number of nitrogens with zero attached hydrogens (tertiary/aromatic N) is 2. The van der Waals surface area contributed by atoms with Crippen LogP contribution in [-0.4, -0.2) is 15.8 Å². The van der Waals surface area contributed by atoms with Gasteiger partial charge < -0.3 is 9.73 Å². The number of carbonyl (C=O) groups excluding carboxylic acids is 1. The van der Waals surface area contributed by atoms with Crippen molar-refractivity contribution < 1.29 is 14.1 Å². The lowest BCUT2D eigenvalue weighted by Gasteiger charge is -2.03. The summed E-state index contributed by atoms with van der Waals surface area (Å²) in [6, 6.07) is 17.3. The zero-order valence-electron chi connectivity index (χ0n) is 17.0. The van der Waals surface area contributed by atoms with Gasteiger partial charge in [0.2, 0.25) is 11.8 Å². The maximum atomic E-state index is 12.2. The van der Waals surface area contributed by atoms with Crippen LogP contribution < -0.4 is 5.32 Å². The molecule has 1 N–H and O–H groups in total. The number of amides is 1. The number of hydrogen-bond acceptors (Lipinski definition) is 5. The smallest absolute Gasteiger partial charge is 0.270 e. The van der Waals surface area contributed by atoms with Gasteiger partial charge in [0.05, 0.1) is 4.92 Å². The van der Waals surface area contributed by atoms with Crippen LogP contribution in [0.5, 0.6) is 0 Å². The van der Waals surface area contributed by atoms with E-state index in [0.717, 1.165) is 27.8 Å². The molecule has 0 fully saturated rings. The molecule has 1 heterocycles. The molecule has 0 aliphatic carbocycles. The SMILES string of the molecule is Cc1cc(C)c2oc(-c3ccc(NC(=O)/C=C/c4cccc([N+](=O)[O-])c4)cc3)nc2c1. The van der Waals surface area contributed by atoms with Crippen molar-refractivity contribution in [1.29, 1.82) is 0 Å². The fraction of sp³-hybridized carbons (Fsp3) is 0.0833. The normalized spacial score (nSPS) is 11.2. The van der Waals surface area contributed by atoms with Crippen LogP contribution in [0, 0.1) is 24.0 Å². The Bertz CT molecular complexity index is 1320. The highest BCUT2D eigenvalue weighted by atomic mass is 16.6. The van der Waals surface area contributed by atoms with E-state index in [4.69, 9.17) is 4.42 Å². The summed E-state index contributed by atoms with van der Waals surface area (Å²) in [5.41, 5.74) is 5.71. The van der Waals surface area contributed by atoms with Crippen molar-refractivity contribution >= 4 is 34.5 Å². The Kier molecular flexibility index (Phi) is 5.32. The second-order valence-corrected chi connectivity index (χ2v) is 7.20. The van der Waals surface area contributed by atoms with Crippen LogP contribution in [0.2, 0.25) is 0 Å². The van der Waals surface area contributed by atoms with Crippen LogP contribution in [-0.2, 0) is 4.79 Å². The molecular formula is C24H19N3O4. The van der Waals surface area contributed by atoms with Crippen molar-refractivity contribution in [2.45, 2.75) is 13.8 Å². The van der Waals surface area contributed by atoms with Crippen molar-refractivity contribution in [2.24, 2.45) is 0 Å². The van der Waals surface area contributed by atoms with Crippen LogP contribution in [0.15, 0.2) is 71.2 Å². The summed E-state index contributed by atoms with van der Waals surface area (Å²) in [7, 11) is 0. The quantitative estimate of drug-likeness (QED) is 0.258. The lowest BCUT2D eigenvalue weighted by molar-refractivity contribution is -0.384. The number of hydrogen-bond donors (Lipinski definition) is 1. The highest BCUT2D eigenvalue weighted by molar-refractivity contribution is 6.02. The first-order chi connectivity index (χ1) is 14.9. The average molecular weight is 413 g/mol. The Labute approximate surface area is 178 Å². The summed E-state index contributed by atoms with van der Waals surface area (Å²) in [5.74, 6) is 0.180. The molecule has 0 aliphatic heterocycles. The Morgan fingerprint density at radius 3 is 2.61 bits per heavy atom. The van der Waals surface area contributed by atoms with Crippen LogP contribution in [0.4, 0.5) is 11.4 Å². The fourth-order valence-electron chi connectivity index (χ4n) is 3.29. The number of anilines is 1. The van der Waals surface area contributed by atoms with Gasteiger partial charge in [-0.15, -0.1) is 0 Å². The first kappa shape index (κ1) is 20.0. The summed E-state index contributed by atoms with van der Waals surface area (Å²) in [6.45, 7) is 4.01. The summed E-state index contributed by atoms with van der Waals surface area (Å²) in [4.78, 5) is 27.1. The first-order valence-corrected chi connectivity index (χ1v) is 9.61. The van der Waals surface area contributed by atoms with E-state index < -0.39 is 4.92 Å². The van der Waals surface area contributed by atoms with Crippen molar-refractivity contribution in [1.82, 2.24) is 4.98 Å². The van der Waals surface area contributed by atoms with Gasteiger partial charge in [0.25, 0.3) is 5.69 Å². The van der Waals surface area contributed by atoms with E-state index in [1.807, 2.05) is 32.0 Å². The number of nitro benzene ring substituents is 1. The van der Waals surface area contributed by atoms with Gasteiger partial charge >= 0.3 is 0 Å². The van der Waals surface area contributed by atoms with Gasteiger partial charge in [-0.25, -0.2) is 4.98 Å². The van der Waals surface area contributed by atoms with Gasteiger partial charge in [-0.3, -0.25) is 14.9 Å². The van der Waals surface area contributed by atoms with Crippen molar-refractivity contribution in [3.8, 4) is 11.5 Å². The zero-order chi connectivity index (χ0) is 22.0. The molecule has 0 saturated heterocycles. The number of aryl methyl sites for hydroxylation is 2. The molecule has 3 aromatic carbocycles. The third kappa shape index (κ3) is 4.51. The molecule has 154 valence electrons. The monoisotopic (exact) mass is 413 g/mol. The van der Waals surface area contributed by atoms with E-state index in [1.54, 1.807) is 24.3 Å². The first-order valence-electron chi connectivity index (χ1n) is 9.61. The average Bonchev–Trinajstić information content (AvgIpc) is 3.17. The van der Waals surface area contributed by atoms with Crippen LogP contribution in [0.1, 0.15) is 16.7 Å². The lowest BCUT2D eigenvalue weighted by atomic mass is 10.1. The van der Waals surface area contributed by atoms with Gasteiger partial charge in [-0.1, -0.05) is 18.2 Å². The third-order valence-electron chi connectivity index (χ3n) is 4.73. The number of non-ortho nitro benzene ring substituents is 1. The number of nitrogens with one attached hydrogen (secondary N) is 1. The highest BCUT2D eigenvalue weighted by Gasteiger charge is 2.11.